The minimum atomic E-state index is -0.515. The van der Waals surface area contributed by atoms with Crippen LogP contribution < -0.4 is 10.1 Å². The van der Waals surface area contributed by atoms with Gasteiger partial charge in [0.1, 0.15) is 12.4 Å². The molecule has 0 radical (unpaired) electrons. The van der Waals surface area contributed by atoms with E-state index in [0.717, 1.165) is 5.56 Å². The Balaban J connectivity index is 1.67. The third kappa shape index (κ3) is 4.62. The Labute approximate surface area is 170 Å². The Morgan fingerprint density at radius 1 is 1.18 bits per heavy atom. The molecule has 0 bridgehead atoms. The summed E-state index contributed by atoms with van der Waals surface area (Å²) in [5.41, 5.74) is 0.999. The van der Waals surface area contributed by atoms with Gasteiger partial charge in [0, 0.05) is 11.1 Å². The zero-order valence-corrected chi connectivity index (χ0v) is 16.1. The molecule has 3 aromatic rings. The molecule has 1 amide bonds. The Bertz CT molecular complexity index is 1050. The number of nitro groups is 1. The molecule has 1 heterocycles. The summed E-state index contributed by atoms with van der Waals surface area (Å²) in [6, 6.07) is 12.4. The van der Waals surface area contributed by atoms with Crippen LogP contribution in [0.2, 0.25) is 10.0 Å². The van der Waals surface area contributed by atoms with E-state index in [2.05, 4.69) is 5.32 Å². The van der Waals surface area contributed by atoms with Crippen molar-refractivity contribution in [1.82, 2.24) is 0 Å². The summed E-state index contributed by atoms with van der Waals surface area (Å²) in [6.45, 7) is 1.68. The van der Waals surface area contributed by atoms with Crippen LogP contribution in [0.3, 0.4) is 0 Å². The van der Waals surface area contributed by atoms with Crippen LogP contribution in [-0.4, -0.2) is 10.8 Å². The molecule has 0 saturated heterocycles. The highest BCUT2D eigenvalue weighted by Gasteiger charge is 2.17. The number of ether oxygens (including phenoxy) is 1. The van der Waals surface area contributed by atoms with Gasteiger partial charge in [-0.1, -0.05) is 29.3 Å². The van der Waals surface area contributed by atoms with Crippen LogP contribution in [0.1, 0.15) is 21.9 Å². The number of rotatable bonds is 6. The quantitative estimate of drug-likeness (QED) is 0.411. The van der Waals surface area contributed by atoms with Gasteiger partial charge in [0.05, 0.1) is 15.6 Å². The fourth-order valence-corrected chi connectivity index (χ4v) is 2.85. The molecular formula is C19H14Cl2N2O5. The number of carbonyl (C=O) groups is 1. The average Bonchev–Trinajstić information content (AvgIpc) is 3.12. The largest absolute Gasteiger partial charge is 0.479 e. The molecule has 1 aromatic heterocycles. The van der Waals surface area contributed by atoms with Gasteiger partial charge in [-0.2, -0.15) is 0 Å². The van der Waals surface area contributed by atoms with Gasteiger partial charge in [-0.25, -0.2) is 0 Å². The van der Waals surface area contributed by atoms with Crippen LogP contribution in [0, 0.1) is 17.0 Å². The van der Waals surface area contributed by atoms with Gasteiger partial charge in [-0.05, 0) is 48.9 Å². The second-order valence-electron chi connectivity index (χ2n) is 5.86. The Morgan fingerprint density at radius 2 is 1.96 bits per heavy atom. The molecule has 7 nitrogen and oxygen atoms in total. The monoisotopic (exact) mass is 420 g/mol. The molecule has 3 rings (SSSR count). The first-order valence-corrected chi connectivity index (χ1v) is 8.82. The molecule has 0 aliphatic carbocycles. The minimum Gasteiger partial charge on any atom is -0.479 e. The molecule has 0 fully saturated rings. The first-order chi connectivity index (χ1) is 13.3. The van der Waals surface area contributed by atoms with Crippen LogP contribution in [0.4, 0.5) is 11.4 Å². The second kappa shape index (κ2) is 8.33. The van der Waals surface area contributed by atoms with Gasteiger partial charge >= 0.3 is 5.69 Å². The summed E-state index contributed by atoms with van der Waals surface area (Å²) < 4.78 is 10.9. The van der Waals surface area contributed by atoms with Crippen molar-refractivity contribution in [2.45, 2.75) is 13.5 Å². The number of anilines is 1. The highest BCUT2D eigenvalue weighted by Crippen LogP contribution is 2.29. The minimum absolute atomic E-state index is 0.0445. The fraction of sp³-hybridized carbons (Fsp3) is 0.105. The van der Waals surface area contributed by atoms with Crippen molar-refractivity contribution >= 4 is 40.5 Å². The molecule has 1 N–H and O–H groups in total. The van der Waals surface area contributed by atoms with Gasteiger partial charge in [0.15, 0.2) is 11.5 Å². The van der Waals surface area contributed by atoms with Crippen molar-refractivity contribution in [2.75, 3.05) is 5.32 Å². The maximum atomic E-state index is 12.3. The lowest BCUT2D eigenvalue weighted by atomic mass is 10.2. The van der Waals surface area contributed by atoms with Crippen LogP contribution >= 0.6 is 23.2 Å². The topological polar surface area (TPSA) is 94.6 Å². The molecule has 0 aliphatic rings. The SMILES string of the molecule is Cc1ccc(OCc2ccc(C(=O)Nc3ccc(Cl)cc3Cl)o2)c([N+](=O)[O-])c1. The number of carbonyl (C=O) groups excluding carboxylic acids is 1. The molecule has 0 unspecified atom stereocenters. The summed E-state index contributed by atoms with van der Waals surface area (Å²) in [4.78, 5) is 22.9. The molecule has 2 aromatic carbocycles. The third-order valence-electron chi connectivity index (χ3n) is 3.75. The fourth-order valence-electron chi connectivity index (χ4n) is 2.39. The summed E-state index contributed by atoms with van der Waals surface area (Å²) in [7, 11) is 0. The third-order valence-corrected chi connectivity index (χ3v) is 4.29. The Kier molecular flexibility index (Phi) is 5.87. The Morgan fingerprint density at radius 3 is 2.68 bits per heavy atom. The number of hydrogen-bond acceptors (Lipinski definition) is 5. The Hall–Kier alpha value is -3.03. The van der Waals surface area contributed by atoms with E-state index in [0.29, 0.717) is 21.5 Å². The summed E-state index contributed by atoms with van der Waals surface area (Å²) in [5.74, 6) is -0.00650. The lowest BCUT2D eigenvalue weighted by Crippen LogP contribution is -2.11. The van der Waals surface area contributed by atoms with E-state index in [1.165, 1.54) is 24.3 Å². The van der Waals surface area contributed by atoms with Crippen molar-refractivity contribution in [3.8, 4) is 5.75 Å². The van der Waals surface area contributed by atoms with Gasteiger partial charge < -0.3 is 14.5 Å². The predicted octanol–water partition coefficient (Wildman–Crippen LogP) is 5.63. The van der Waals surface area contributed by atoms with E-state index in [4.69, 9.17) is 32.4 Å². The first-order valence-electron chi connectivity index (χ1n) is 8.06. The van der Waals surface area contributed by atoms with Gasteiger partial charge in [-0.15, -0.1) is 0 Å². The van der Waals surface area contributed by atoms with Crippen LogP contribution in [0.15, 0.2) is 52.9 Å². The molecule has 0 spiro atoms. The molecule has 28 heavy (non-hydrogen) atoms. The first kappa shape index (κ1) is 19.7. The number of amides is 1. The number of halogens is 2. The number of nitro benzene ring substituents is 1. The molecule has 0 atom stereocenters. The average molecular weight is 421 g/mol. The van der Waals surface area contributed by atoms with E-state index in [1.807, 2.05) is 0 Å². The summed E-state index contributed by atoms with van der Waals surface area (Å²) >= 11 is 11.9. The number of furan rings is 1. The lowest BCUT2D eigenvalue weighted by molar-refractivity contribution is -0.386. The maximum absolute atomic E-state index is 12.3. The number of nitrogens with zero attached hydrogens (tertiary/aromatic N) is 1. The van der Waals surface area contributed by atoms with Crippen molar-refractivity contribution in [3.63, 3.8) is 0 Å². The molecule has 144 valence electrons. The predicted molar refractivity (Wildman–Crippen MR) is 105 cm³/mol. The van der Waals surface area contributed by atoms with Crippen molar-refractivity contribution in [1.29, 1.82) is 0 Å². The smallest absolute Gasteiger partial charge is 0.311 e. The van der Waals surface area contributed by atoms with Crippen LogP contribution in [-0.2, 0) is 6.61 Å². The molecule has 0 aliphatic heterocycles. The van der Waals surface area contributed by atoms with Gasteiger partial charge in [-0.3, -0.25) is 14.9 Å². The van der Waals surface area contributed by atoms with E-state index < -0.39 is 10.8 Å². The summed E-state index contributed by atoms with van der Waals surface area (Å²) in [6.07, 6.45) is 0. The van der Waals surface area contributed by atoms with Gasteiger partial charge in [0.25, 0.3) is 5.91 Å². The number of benzene rings is 2. The highest BCUT2D eigenvalue weighted by molar-refractivity contribution is 6.36. The van der Waals surface area contributed by atoms with Crippen LogP contribution in [0.5, 0.6) is 5.75 Å². The molecule has 9 heteroatoms. The molecular weight excluding hydrogens is 407 g/mol. The maximum Gasteiger partial charge on any atom is 0.311 e. The zero-order valence-electron chi connectivity index (χ0n) is 14.6. The van der Waals surface area contributed by atoms with E-state index in [9.17, 15) is 14.9 Å². The van der Waals surface area contributed by atoms with E-state index >= 15 is 0 Å². The number of aryl methyl sites for hydroxylation is 1. The van der Waals surface area contributed by atoms with Crippen molar-refractivity contribution < 1.29 is 18.9 Å². The van der Waals surface area contributed by atoms with Gasteiger partial charge in [0.2, 0.25) is 0 Å². The van der Waals surface area contributed by atoms with Crippen LogP contribution in [0.25, 0.3) is 0 Å². The van der Waals surface area contributed by atoms with Crippen molar-refractivity contribution in [3.05, 3.63) is 85.8 Å². The zero-order chi connectivity index (χ0) is 20.3. The lowest BCUT2D eigenvalue weighted by Gasteiger charge is -2.07. The van der Waals surface area contributed by atoms with Crippen molar-refractivity contribution in [2.24, 2.45) is 0 Å². The molecule has 0 saturated carbocycles. The van der Waals surface area contributed by atoms with E-state index in [1.54, 1.807) is 31.2 Å². The number of nitrogens with one attached hydrogen (secondary N) is 1. The number of hydrogen-bond donors (Lipinski definition) is 1. The normalized spacial score (nSPS) is 10.5. The summed E-state index contributed by atoms with van der Waals surface area (Å²) in [5, 5.41) is 14.5. The second-order valence-corrected chi connectivity index (χ2v) is 6.70. The highest BCUT2D eigenvalue weighted by atomic mass is 35.5. The van der Waals surface area contributed by atoms with E-state index in [-0.39, 0.29) is 23.8 Å². The standard InChI is InChI=1S/C19H14Cl2N2O5/c1-11-2-6-17(16(8-11)23(25)26)27-10-13-4-7-18(28-13)19(24)22-15-5-3-12(20)9-14(15)21/h2-9H,10H2,1H3,(H,22,24).